The second-order valence-corrected chi connectivity index (χ2v) is 4.40. The zero-order valence-corrected chi connectivity index (χ0v) is 11.3. The highest BCUT2D eigenvalue weighted by molar-refractivity contribution is 9.10. The zero-order chi connectivity index (χ0) is 13.0. The minimum Gasteiger partial charge on any atom is -0.485 e. The first-order valence-electron chi connectivity index (χ1n) is 5.42. The standard InChI is InChI=1S/C12H11BrN2O3/c1-2-12-14-11(15-18-12)7-17-9-3-4-10(13)8(5-9)6-16/h3-6H,2,7H2,1H3. The highest BCUT2D eigenvalue weighted by atomic mass is 79.9. The molecular formula is C12H11BrN2O3. The van der Waals surface area contributed by atoms with Crippen LogP contribution in [0.1, 0.15) is 29.0 Å². The minimum absolute atomic E-state index is 0.212. The number of aromatic nitrogens is 2. The van der Waals surface area contributed by atoms with Crippen molar-refractivity contribution in [1.82, 2.24) is 10.1 Å². The fraction of sp³-hybridized carbons (Fsp3) is 0.250. The molecule has 0 atom stereocenters. The number of nitrogens with zero attached hydrogens (tertiary/aromatic N) is 2. The van der Waals surface area contributed by atoms with Crippen molar-refractivity contribution in [3.8, 4) is 5.75 Å². The van der Waals surface area contributed by atoms with Crippen LogP contribution in [0.25, 0.3) is 0 Å². The maximum Gasteiger partial charge on any atom is 0.226 e. The van der Waals surface area contributed by atoms with Gasteiger partial charge < -0.3 is 9.26 Å². The van der Waals surface area contributed by atoms with Crippen LogP contribution < -0.4 is 4.74 Å². The summed E-state index contributed by atoms with van der Waals surface area (Å²) in [4.78, 5) is 14.9. The molecule has 2 aromatic rings. The lowest BCUT2D eigenvalue weighted by Crippen LogP contribution is -1.98. The molecular weight excluding hydrogens is 300 g/mol. The molecule has 0 aliphatic carbocycles. The number of aryl methyl sites for hydroxylation is 1. The number of benzene rings is 1. The Labute approximate surface area is 112 Å². The molecule has 5 nitrogen and oxygen atoms in total. The maximum atomic E-state index is 10.8. The van der Waals surface area contributed by atoms with Crippen molar-refractivity contribution in [1.29, 1.82) is 0 Å². The molecule has 1 aromatic heterocycles. The van der Waals surface area contributed by atoms with Crippen LogP contribution in [-0.4, -0.2) is 16.4 Å². The van der Waals surface area contributed by atoms with Crippen molar-refractivity contribution in [2.24, 2.45) is 0 Å². The van der Waals surface area contributed by atoms with Gasteiger partial charge in [-0.25, -0.2) is 0 Å². The molecule has 0 unspecified atom stereocenters. The summed E-state index contributed by atoms with van der Waals surface area (Å²) >= 11 is 3.27. The Bertz CT molecular complexity index is 554. The molecule has 0 fully saturated rings. The normalized spacial score (nSPS) is 10.3. The monoisotopic (exact) mass is 310 g/mol. The average Bonchev–Trinajstić information content (AvgIpc) is 2.86. The van der Waals surface area contributed by atoms with Crippen molar-refractivity contribution in [2.45, 2.75) is 20.0 Å². The highest BCUT2D eigenvalue weighted by Crippen LogP contribution is 2.21. The summed E-state index contributed by atoms with van der Waals surface area (Å²) in [5.74, 6) is 1.66. The van der Waals surface area contributed by atoms with Gasteiger partial charge in [0.25, 0.3) is 0 Å². The van der Waals surface area contributed by atoms with Crippen molar-refractivity contribution in [2.75, 3.05) is 0 Å². The number of carbonyl (C=O) groups excluding carboxylic acids is 1. The average molecular weight is 311 g/mol. The summed E-state index contributed by atoms with van der Waals surface area (Å²) in [7, 11) is 0. The summed E-state index contributed by atoms with van der Waals surface area (Å²) in [6, 6.07) is 5.17. The molecule has 0 radical (unpaired) electrons. The van der Waals surface area contributed by atoms with Gasteiger partial charge in [-0.1, -0.05) is 28.0 Å². The second-order valence-electron chi connectivity index (χ2n) is 3.55. The Balaban J connectivity index is 2.03. The molecule has 0 N–H and O–H groups in total. The van der Waals surface area contributed by atoms with E-state index in [1.165, 1.54) is 0 Å². The van der Waals surface area contributed by atoms with Gasteiger partial charge in [0, 0.05) is 16.5 Å². The third kappa shape index (κ3) is 2.95. The van der Waals surface area contributed by atoms with Crippen LogP contribution in [0.5, 0.6) is 5.75 Å². The number of halogens is 1. The van der Waals surface area contributed by atoms with E-state index >= 15 is 0 Å². The van der Waals surface area contributed by atoms with Crippen molar-refractivity contribution >= 4 is 22.2 Å². The fourth-order valence-corrected chi connectivity index (χ4v) is 1.68. The van der Waals surface area contributed by atoms with Gasteiger partial charge in [-0.3, -0.25) is 4.79 Å². The predicted molar refractivity (Wildman–Crippen MR) is 67.5 cm³/mol. The van der Waals surface area contributed by atoms with Gasteiger partial charge in [0.1, 0.15) is 5.75 Å². The molecule has 0 amide bonds. The third-order valence-electron chi connectivity index (χ3n) is 2.27. The molecule has 0 saturated carbocycles. The van der Waals surface area contributed by atoms with Crippen LogP contribution in [0.2, 0.25) is 0 Å². The van der Waals surface area contributed by atoms with Gasteiger partial charge in [-0.05, 0) is 18.2 Å². The summed E-state index contributed by atoms with van der Waals surface area (Å²) in [6.07, 6.45) is 1.46. The lowest BCUT2D eigenvalue weighted by molar-refractivity contribution is 0.112. The van der Waals surface area contributed by atoms with Crippen molar-refractivity contribution in [3.63, 3.8) is 0 Å². The van der Waals surface area contributed by atoms with Gasteiger partial charge in [0.05, 0.1) is 0 Å². The molecule has 0 aliphatic rings. The molecule has 0 bridgehead atoms. The van der Waals surface area contributed by atoms with Gasteiger partial charge in [-0.2, -0.15) is 4.98 Å². The largest absolute Gasteiger partial charge is 0.485 e. The second kappa shape index (κ2) is 5.77. The lowest BCUT2D eigenvalue weighted by Gasteiger charge is -2.04. The SMILES string of the molecule is CCc1nc(COc2ccc(Br)c(C=O)c2)no1. The van der Waals surface area contributed by atoms with Crippen LogP contribution in [0.4, 0.5) is 0 Å². The quantitative estimate of drug-likeness (QED) is 0.794. The van der Waals surface area contributed by atoms with E-state index in [2.05, 4.69) is 26.1 Å². The molecule has 2 rings (SSSR count). The third-order valence-corrected chi connectivity index (χ3v) is 3.00. The summed E-state index contributed by atoms with van der Waals surface area (Å²) in [5.41, 5.74) is 0.537. The van der Waals surface area contributed by atoms with Crippen molar-refractivity contribution < 1.29 is 14.1 Å². The van der Waals surface area contributed by atoms with Crippen molar-refractivity contribution in [3.05, 3.63) is 40.0 Å². The van der Waals surface area contributed by atoms with Crippen LogP contribution in [0.15, 0.2) is 27.2 Å². The lowest BCUT2D eigenvalue weighted by atomic mass is 10.2. The number of aldehydes is 1. The molecule has 94 valence electrons. The minimum atomic E-state index is 0.212. The van der Waals surface area contributed by atoms with E-state index in [0.717, 1.165) is 10.8 Å². The van der Waals surface area contributed by atoms with E-state index < -0.39 is 0 Å². The maximum absolute atomic E-state index is 10.8. The Morgan fingerprint density at radius 2 is 2.33 bits per heavy atom. The molecule has 1 heterocycles. The fourth-order valence-electron chi connectivity index (χ4n) is 1.34. The van der Waals surface area contributed by atoms with E-state index in [1.54, 1.807) is 18.2 Å². The molecule has 0 aliphatic heterocycles. The first kappa shape index (κ1) is 12.8. The van der Waals surface area contributed by atoms with Gasteiger partial charge in [0.15, 0.2) is 12.9 Å². The van der Waals surface area contributed by atoms with Gasteiger partial charge in [-0.15, -0.1) is 0 Å². The number of ether oxygens (including phenoxy) is 1. The summed E-state index contributed by atoms with van der Waals surface area (Å²) < 4.78 is 11.2. The van der Waals surface area contributed by atoms with Crippen LogP contribution >= 0.6 is 15.9 Å². The Hall–Kier alpha value is -1.69. The first-order chi connectivity index (χ1) is 8.72. The number of carbonyl (C=O) groups is 1. The number of rotatable bonds is 5. The first-order valence-corrected chi connectivity index (χ1v) is 6.21. The van der Waals surface area contributed by atoms with E-state index in [9.17, 15) is 4.79 Å². The molecule has 0 saturated heterocycles. The van der Waals surface area contributed by atoms with Crippen LogP contribution in [0, 0.1) is 0 Å². The molecule has 0 spiro atoms. The molecule has 1 aromatic carbocycles. The van der Waals surface area contributed by atoms with E-state index in [-0.39, 0.29) is 6.61 Å². The Morgan fingerprint density at radius 3 is 3.00 bits per heavy atom. The summed E-state index contributed by atoms with van der Waals surface area (Å²) in [6.45, 7) is 2.15. The zero-order valence-electron chi connectivity index (χ0n) is 9.72. The van der Waals surface area contributed by atoms with E-state index in [0.29, 0.717) is 29.4 Å². The Morgan fingerprint density at radius 1 is 1.50 bits per heavy atom. The van der Waals surface area contributed by atoms with Gasteiger partial charge >= 0.3 is 0 Å². The Kier molecular flexibility index (Phi) is 4.09. The number of hydrogen-bond acceptors (Lipinski definition) is 5. The van der Waals surface area contributed by atoms with E-state index in [1.807, 2.05) is 6.92 Å². The van der Waals surface area contributed by atoms with E-state index in [4.69, 9.17) is 9.26 Å². The predicted octanol–water partition coefficient (Wildman–Crippen LogP) is 2.79. The van der Waals surface area contributed by atoms with Gasteiger partial charge in [0.2, 0.25) is 11.7 Å². The molecule has 6 heteroatoms. The smallest absolute Gasteiger partial charge is 0.226 e. The number of hydrogen-bond donors (Lipinski definition) is 0. The summed E-state index contributed by atoms with van der Waals surface area (Å²) in [5, 5.41) is 3.77. The molecule has 18 heavy (non-hydrogen) atoms. The topological polar surface area (TPSA) is 65.2 Å². The van der Waals surface area contributed by atoms with Crippen LogP contribution in [-0.2, 0) is 13.0 Å². The highest BCUT2D eigenvalue weighted by Gasteiger charge is 2.06. The van der Waals surface area contributed by atoms with Crippen LogP contribution in [0.3, 0.4) is 0 Å².